The largest absolute Gasteiger partial charge is 0.378 e. The van der Waals surface area contributed by atoms with Crippen LogP contribution in [0.2, 0.25) is 0 Å². The van der Waals surface area contributed by atoms with Crippen LogP contribution in [0.5, 0.6) is 0 Å². The van der Waals surface area contributed by atoms with Gasteiger partial charge in [0.15, 0.2) is 22.8 Å². The van der Waals surface area contributed by atoms with Crippen molar-refractivity contribution in [1.82, 2.24) is 20.2 Å². The average Bonchev–Trinajstić information content (AvgIpc) is 3.33. The van der Waals surface area contributed by atoms with E-state index in [-0.39, 0.29) is 23.9 Å². The van der Waals surface area contributed by atoms with Gasteiger partial charge in [-0.25, -0.2) is 9.97 Å². The lowest BCUT2D eigenvalue weighted by Gasteiger charge is -2.42. The van der Waals surface area contributed by atoms with Crippen LogP contribution in [0.3, 0.4) is 0 Å². The summed E-state index contributed by atoms with van der Waals surface area (Å²) in [5.74, 6) is 1.84. The second-order valence-electron chi connectivity index (χ2n) is 9.18. The van der Waals surface area contributed by atoms with Gasteiger partial charge in [-0.15, -0.1) is 12.4 Å². The first-order chi connectivity index (χ1) is 15.1. The van der Waals surface area contributed by atoms with E-state index in [1.165, 1.54) is 11.1 Å². The SMILES string of the molecule is Cc1nc2c(N3CCOCC3)n[nH]c2nc1N1CCC2(CC1)Cc1ccccc1[C@H]2N.Cl. The van der Waals surface area contributed by atoms with Crippen LogP contribution >= 0.6 is 12.4 Å². The summed E-state index contributed by atoms with van der Waals surface area (Å²) in [7, 11) is 0. The molecular formula is C23H30ClN7O. The van der Waals surface area contributed by atoms with Gasteiger partial charge in [0, 0.05) is 32.2 Å². The molecule has 3 N–H and O–H groups in total. The first-order valence-electron chi connectivity index (χ1n) is 11.3. The lowest BCUT2D eigenvalue weighted by Crippen LogP contribution is -2.44. The molecule has 0 radical (unpaired) electrons. The summed E-state index contributed by atoms with van der Waals surface area (Å²) in [6.45, 7) is 7.07. The molecule has 3 aromatic rings. The number of halogens is 1. The van der Waals surface area contributed by atoms with Crippen LogP contribution in [-0.4, -0.2) is 59.6 Å². The molecule has 0 unspecified atom stereocenters. The van der Waals surface area contributed by atoms with E-state index in [1.54, 1.807) is 0 Å². The van der Waals surface area contributed by atoms with Crippen molar-refractivity contribution in [2.45, 2.75) is 32.2 Å². The van der Waals surface area contributed by atoms with E-state index < -0.39 is 0 Å². The highest BCUT2D eigenvalue weighted by molar-refractivity contribution is 5.85. The van der Waals surface area contributed by atoms with Gasteiger partial charge in [-0.2, -0.15) is 5.10 Å². The predicted octanol–water partition coefficient (Wildman–Crippen LogP) is 2.76. The number of anilines is 2. The van der Waals surface area contributed by atoms with E-state index in [4.69, 9.17) is 20.4 Å². The lowest BCUT2D eigenvalue weighted by atomic mass is 9.73. The Morgan fingerprint density at radius 1 is 1.03 bits per heavy atom. The highest BCUT2D eigenvalue weighted by atomic mass is 35.5. The van der Waals surface area contributed by atoms with Gasteiger partial charge in [-0.1, -0.05) is 24.3 Å². The number of aryl methyl sites for hydroxylation is 1. The Hall–Kier alpha value is -2.42. The van der Waals surface area contributed by atoms with Gasteiger partial charge in [0.05, 0.1) is 18.9 Å². The zero-order chi connectivity index (χ0) is 21.0. The molecule has 3 aliphatic rings. The van der Waals surface area contributed by atoms with Crippen LogP contribution < -0.4 is 15.5 Å². The van der Waals surface area contributed by atoms with Gasteiger partial charge < -0.3 is 20.3 Å². The summed E-state index contributed by atoms with van der Waals surface area (Å²) in [6, 6.07) is 8.81. The molecule has 6 rings (SSSR count). The Bertz CT molecular complexity index is 1120. The molecule has 0 saturated carbocycles. The molecule has 1 spiro atoms. The monoisotopic (exact) mass is 455 g/mol. The molecule has 2 fully saturated rings. The fourth-order valence-corrected chi connectivity index (χ4v) is 5.67. The van der Waals surface area contributed by atoms with E-state index in [9.17, 15) is 0 Å². The third-order valence-corrected chi connectivity index (χ3v) is 7.49. The third kappa shape index (κ3) is 3.32. The number of rotatable bonds is 2. The zero-order valence-electron chi connectivity index (χ0n) is 18.4. The number of piperidine rings is 1. The number of hydrogen-bond acceptors (Lipinski definition) is 7. The fourth-order valence-electron chi connectivity index (χ4n) is 5.67. The topological polar surface area (TPSA) is 96.2 Å². The Morgan fingerprint density at radius 2 is 1.75 bits per heavy atom. The van der Waals surface area contributed by atoms with Crippen molar-refractivity contribution in [1.29, 1.82) is 0 Å². The van der Waals surface area contributed by atoms with E-state index in [0.29, 0.717) is 0 Å². The molecule has 0 amide bonds. The molecular weight excluding hydrogens is 426 g/mol. The number of aromatic nitrogens is 4. The summed E-state index contributed by atoms with van der Waals surface area (Å²) >= 11 is 0. The van der Waals surface area contributed by atoms with E-state index in [0.717, 1.165) is 87.1 Å². The number of nitrogens with one attached hydrogen (secondary N) is 1. The molecule has 2 aliphatic heterocycles. The molecule has 1 aromatic carbocycles. The summed E-state index contributed by atoms with van der Waals surface area (Å²) in [4.78, 5) is 14.5. The maximum absolute atomic E-state index is 6.74. The predicted molar refractivity (Wildman–Crippen MR) is 128 cm³/mol. The highest BCUT2D eigenvalue weighted by Gasteiger charge is 2.46. The quantitative estimate of drug-likeness (QED) is 0.613. The van der Waals surface area contributed by atoms with E-state index in [1.807, 2.05) is 0 Å². The van der Waals surface area contributed by atoms with Crippen molar-refractivity contribution in [2.75, 3.05) is 49.2 Å². The van der Waals surface area contributed by atoms with Gasteiger partial charge >= 0.3 is 0 Å². The number of fused-ring (bicyclic) bond motifs is 2. The second-order valence-corrected chi connectivity index (χ2v) is 9.18. The summed E-state index contributed by atoms with van der Waals surface area (Å²) in [5, 5.41) is 7.63. The number of aromatic amines is 1. The molecule has 2 saturated heterocycles. The van der Waals surface area contributed by atoms with Gasteiger partial charge in [0.1, 0.15) is 0 Å². The number of H-pyrrole nitrogens is 1. The Labute approximate surface area is 193 Å². The van der Waals surface area contributed by atoms with Crippen molar-refractivity contribution in [2.24, 2.45) is 11.1 Å². The normalized spacial score (nSPS) is 22.2. The molecule has 32 heavy (non-hydrogen) atoms. The Morgan fingerprint density at radius 3 is 2.50 bits per heavy atom. The smallest absolute Gasteiger partial charge is 0.178 e. The van der Waals surface area contributed by atoms with E-state index >= 15 is 0 Å². The summed E-state index contributed by atoms with van der Waals surface area (Å²) < 4.78 is 5.47. The van der Waals surface area contributed by atoms with Gasteiger partial charge in [-0.05, 0) is 42.7 Å². The standard InChI is InChI=1S/C23H29N7O.ClH/c1-15-21(26-20-18(25-15)22(28-27-20)30-10-12-31-13-11-30)29-8-6-23(7-9-29)14-16-4-2-3-5-17(16)19(23)24;/h2-5,19H,6-14,24H2,1H3,(H,26,27,28);1H/t19-;/m1./s1. The van der Waals surface area contributed by atoms with Crippen molar-refractivity contribution in [3.05, 3.63) is 41.1 Å². The van der Waals surface area contributed by atoms with Crippen LogP contribution in [0.1, 0.15) is 35.7 Å². The van der Waals surface area contributed by atoms with Gasteiger partial charge in [-0.3, -0.25) is 5.10 Å². The molecule has 8 nitrogen and oxygen atoms in total. The molecule has 170 valence electrons. The zero-order valence-corrected chi connectivity index (χ0v) is 19.2. The average molecular weight is 456 g/mol. The highest BCUT2D eigenvalue weighted by Crippen LogP contribution is 2.51. The molecule has 0 bridgehead atoms. The number of hydrogen-bond donors (Lipinski definition) is 2. The Kier molecular flexibility index (Phi) is 5.47. The van der Waals surface area contributed by atoms with Crippen LogP contribution in [0.15, 0.2) is 24.3 Å². The molecule has 9 heteroatoms. The summed E-state index contributed by atoms with van der Waals surface area (Å²) in [6.07, 6.45) is 3.24. The third-order valence-electron chi connectivity index (χ3n) is 7.49. The fraction of sp³-hybridized carbons (Fsp3) is 0.522. The van der Waals surface area contributed by atoms with Crippen LogP contribution in [0.4, 0.5) is 11.6 Å². The van der Waals surface area contributed by atoms with Crippen molar-refractivity contribution < 1.29 is 4.74 Å². The minimum atomic E-state index is 0. The second kappa shape index (κ2) is 8.17. The maximum Gasteiger partial charge on any atom is 0.178 e. The molecule has 1 atom stereocenters. The first kappa shape index (κ1) is 21.4. The number of ether oxygens (including phenoxy) is 1. The molecule has 1 aliphatic carbocycles. The van der Waals surface area contributed by atoms with Crippen LogP contribution in [-0.2, 0) is 11.2 Å². The summed E-state index contributed by atoms with van der Waals surface area (Å²) in [5.41, 5.74) is 12.2. The van der Waals surface area contributed by atoms with Crippen molar-refractivity contribution in [3.8, 4) is 0 Å². The molecule has 4 heterocycles. The lowest BCUT2D eigenvalue weighted by molar-refractivity contribution is 0.122. The van der Waals surface area contributed by atoms with Crippen molar-refractivity contribution >= 4 is 35.2 Å². The Balaban J connectivity index is 0.00000216. The number of morpholine rings is 1. The van der Waals surface area contributed by atoms with Gasteiger partial charge in [0.25, 0.3) is 0 Å². The molecule has 2 aromatic heterocycles. The maximum atomic E-state index is 6.74. The van der Waals surface area contributed by atoms with Crippen LogP contribution in [0, 0.1) is 12.3 Å². The minimum Gasteiger partial charge on any atom is -0.378 e. The first-order valence-corrected chi connectivity index (χ1v) is 11.3. The number of nitrogens with two attached hydrogens (primary N) is 1. The van der Waals surface area contributed by atoms with E-state index in [2.05, 4.69) is 51.2 Å². The number of benzene rings is 1. The number of nitrogens with zero attached hydrogens (tertiary/aromatic N) is 5. The van der Waals surface area contributed by atoms with Gasteiger partial charge in [0.2, 0.25) is 0 Å². The van der Waals surface area contributed by atoms with Crippen LogP contribution in [0.25, 0.3) is 11.2 Å². The minimum absolute atomic E-state index is 0. The van der Waals surface area contributed by atoms with Crippen molar-refractivity contribution in [3.63, 3.8) is 0 Å².